The Balaban J connectivity index is 1.75. The van der Waals surface area contributed by atoms with Crippen molar-refractivity contribution in [3.05, 3.63) is 47.6 Å². The second-order valence-electron chi connectivity index (χ2n) is 7.47. The molecule has 7 heteroatoms. The van der Waals surface area contributed by atoms with Gasteiger partial charge in [0.05, 0.1) is 29.9 Å². The number of pyridine rings is 1. The van der Waals surface area contributed by atoms with E-state index in [1.54, 1.807) is 0 Å². The van der Waals surface area contributed by atoms with Gasteiger partial charge in [-0.2, -0.15) is 0 Å². The van der Waals surface area contributed by atoms with Gasteiger partial charge in [-0.3, -0.25) is 4.98 Å². The van der Waals surface area contributed by atoms with Gasteiger partial charge in [-0.25, -0.2) is 4.98 Å². The maximum absolute atomic E-state index is 5.49. The van der Waals surface area contributed by atoms with Crippen molar-refractivity contribution in [3.8, 4) is 22.3 Å². The fourth-order valence-electron chi connectivity index (χ4n) is 4.02. The fourth-order valence-corrected chi connectivity index (χ4v) is 4.02. The highest BCUT2D eigenvalue weighted by atomic mass is 16.5. The van der Waals surface area contributed by atoms with Gasteiger partial charge in [0.15, 0.2) is 0 Å². The third kappa shape index (κ3) is 3.07. The first-order valence-electron chi connectivity index (χ1n) is 9.82. The Kier molecular flexibility index (Phi) is 4.32. The minimum absolute atomic E-state index is 0.718. The van der Waals surface area contributed by atoms with Crippen LogP contribution in [-0.4, -0.2) is 46.4 Å². The van der Waals surface area contributed by atoms with Crippen LogP contribution in [0.4, 0.5) is 5.95 Å². The van der Waals surface area contributed by atoms with E-state index in [0.29, 0.717) is 0 Å². The molecule has 0 saturated carbocycles. The van der Waals surface area contributed by atoms with Crippen LogP contribution in [0.15, 0.2) is 35.1 Å². The number of ether oxygens (including phenoxy) is 1. The average Bonchev–Trinajstić information content (AvgIpc) is 3.31. The van der Waals surface area contributed by atoms with E-state index in [4.69, 9.17) is 14.2 Å². The molecule has 4 heterocycles. The third-order valence-corrected chi connectivity index (χ3v) is 5.54. The van der Waals surface area contributed by atoms with Crippen molar-refractivity contribution in [2.75, 3.05) is 31.2 Å². The summed E-state index contributed by atoms with van der Waals surface area (Å²) in [4.78, 5) is 15.1. The number of morpholine rings is 1. The van der Waals surface area contributed by atoms with Crippen LogP contribution in [0.1, 0.15) is 17.0 Å². The van der Waals surface area contributed by atoms with Crippen LogP contribution in [0, 0.1) is 20.8 Å². The van der Waals surface area contributed by atoms with Gasteiger partial charge in [0.1, 0.15) is 5.76 Å². The van der Waals surface area contributed by atoms with E-state index in [1.807, 2.05) is 32.3 Å². The molecule has 0 amide bonds. The number of hydrogen-bond acceptors (Lipinski definition) is 6. The molecule has 1 fully saturated rings. The molecule has 4 aromatic rings. The largest absolute Gasteiger partial charge is 0.378 e. The van der Waals surface area contributed by atoms with E-state index in [1.165, 1.54) is 0 Å². The molecule has 1 aliphatic rings. The monoisotopic (exact) mass is 389 g/mol. The van der Waals surface area contributed by atoms with Gasteiger partial charge in [-0.15, -0.1) is 0 Å². The fraction of sp³-hybridized carbons (Fsp3) is 0.318. The van der Waals surface area contributed by atoms with Crippen molar-refractivity contribution in [1.82, 2.24) is 20.1 Å². The van der Waals surface area contributed by atoms with E-state index < -0.39 is 0 Å². The van der Waals surface area contributed by atoms with Crippen molar-refractivity contribution >= 4 is 17.0 Å². The highest BCUT2D eigenvalue weighted by molar-refractivity contribution is 5.98. The Morgan fingerprint density at radius 3 is 2.62 bits per heavy atom. The maximum atomic E-state index is 5.49. The zero-order valence-corrected chi connectivity index (χ0v) is 16.8. The summed E-state index contributed by atoms with van der Waals surface area (Å²) >= 11 is 0. The zero-order chi connectivity index (χ0) is 20.0. The van der Waals surface area contributed by atoms with Gasteiger partial charge in [-0.05, 0) is 50.1 Å². The molecular weight excluding hydrogens is 366 g/mol. The van der Waals surface area contributed by atoms with Crippen molar-refractivity contribution in [3.63, 3.8) is 0 Å². The van der Waals surface area contributed by atoms with Crippen molar-refractivity contribution in [2.45, 2.75) is 20.8 Å². The Hall–Kier alpha value is -3.19. The van der Waals surface area contributed by atoms with Gasteiger partial charge < -0.3 is 19.1 Å². The summed E-state index contributed by atoms with van der Waals surface area (Å²) in [7, 11) is 0. The number of imidazole rings is 1. The number of nitrogens with zero attached hydrogens (tertiary/aromatic N) is 4. The second-order valence-corrected chi connectivity index (χ2v) is 7.47. The molecule has 1 N–H and O–H groups in total. The number of hydrogen-bond donors (Lipinski definition) is 1. The normalized spacial score (nSPS) is 14.7. The van der Waals surface area contributed by atoms with Crippen LogP contribution >= 0.6 is 0 Å². The summed E-state index contributed by atoms with van der Waals surface area (Å²) in [5.41, 5.74) is 8.18. The molecule has 0 unspecified atom stereocenters. The van der Waals surface area contributed by atoms with Crippen molar-refractivity contribution in [2.24, 2.45) is 0 Å². The summed E-state index contributed by atoms with van der Waals surface area (Å²) in [6, 6.07) is 6.33. The molecule has 3 aromatic heterocycles. The molecule has 0 atom stereocenters. The summed E-state index contributed by atoms with van der Waals surface area (Å²) in [6.45, 7) is 9.11. The van der Waals surface area contributed by atoms with Gasteiger partial charge in [0.25, 0.3) is 0 Å². The van der Waals surface area contributed by atoms with E-state index in [-0.39, 0.29) is 0 Å². The molecule has 5 rings (SSSR count). The highest BCUT2D eigenvalue weighted by Gasteiger charge is 2.20. The van der Waals surface area contributed by atoms with Gasteiger partial charge in [-0.1, -0.05) is 5.16 Å². The average molecular weight is 389 g/mol. The Morgan fingerprint density at radius 2 is 1.90 bits per heavy atom. The topological polar surface area (TPSA) is 80.1 Å². The summed E-state index contributed by atoms with van der Waals surface area (Å²) in [6.07, 6.45) is 3.72. The van der Waals surface area contributed by atoms with Crippen LogP contribution < -0.4 is 4.90 Å². The number of H-pyrrole nitrogens is 1. The number of aromatic amines is 1. The lowest BCUT2D eigenvalue weighted by Gasteiger charge is -2.26. The number of nitrogens with one attached hydrogen (secondary N) is 1. The number of fused-ring (bicyclic) bond motifs is 1. The second kappa shape index (κ2) is 7.00. The minimum atomic E-state index is 0.718. The molecule has 0 aliphatic carbocycles. The van der Waals surface area contributed by atoms with Crippen LogP contribution in [0.3, 0.4) is 0 Å². The van der Waals surface area contributed by atoms with Gasteiger partial charge in [0, 0.05) is 42.2 Å². The van der Waals surface area contributed by atoms with E-state index >= 15 is 0 Å². The predicted octanol–water partition coefficient (Wildman–Crippen LogP) is 4.04. The molecule has 0 spiro atoms. The molecular formula is C22H23N5O2. The standard InChI is InChI=1S/C22H23N5O2/c1-13-4-5-23-12-18(13)17-10-16(20-14(2)26-29-15(20)3)11-19-21(17)25-22(24-19)27-6-8-28-9-7-27/h4-5,10-12H,6-9H2,1-3H3,(H,24,25). The Morgan fingerprint density at radius 1 is 1.07 bits per heavy atom. The molecule has 7 nitrogen and oxygen atoms in total. The molecule has 1 saturated heterocycles. The van der Waals surface area contributed by atoms with Crippen molar-refractivity contribution in [1.29, 1.82) is 0 Å². The Labute approximate surface area is 168 Å². The van der Waals surface area contributed by atoms with Crippen LogP contribution in [-0.2, 0) is 4.74 Å². The zero-order valence-electron chi connectivity index (χ0n) is 16.8. The predicted molar refractivity (Wildman–Crippen MR) is 112 cm³/mol. The highest BCUT2D eigenvalue weighted by Crippen LogP contribution is 2.37. The number of aryl methyl sites for hydroxylation is 3. The van der Waals surface area contributed by atoms with Gasteiger partial charge in [0.2, 0.25) is 5.95 Å². The number of benzene rings is 1. The molecule has 148 valence electrons. The van der Waals surface area contributed by atoms with Crippen LogP contribution in [0.2, 0.25) is 0 Å². The molecule has 1 aromatic carbocycles. The molecule has 29 heavy (non-hydrogen) atoms. The van der Waals surface area contributed by atoms with E-state index in [2.05, 4.69) is 39.1 Å². The van der Waals surface area contributed by atoms with E-state index in [9.17, 15) is 0 Å². The number of anilines is 1. The molecule has 1 aliphatic heterocycles. The van der Waals surface area contributed by atoms with Crippen LogP contribution in [0.5, 0.6) is 0 Å². The lowest BCUT2D eigenvalue weighted by molar-refractivity contribution is 0.122. The number of aromatic nitrogens is 4. The number of rotatable bonds is 3. The molecule has 0 radical (unpaired) electrons. The van der Waals surface area contributed by atoms with Gasteiger partial charge >= 0.3 is 0 Å². The van der Waals surface area contributed by atoms with Crippen LogP contribution in [0.25, 0.3) is 33.3 Å². The smallest absolute Gasteiger partial charge is 0.204 e. The molecule has 0 bridgehead atoms. The lowest BCUT2D eigenvalue weighted by atomic mass is 9.95. The third-order valence-electron chi connectivity index (χ3n) is 5.54. The van der Waals surface area contributed by atoms with Crippen molar-refractivity contribution < 1.29 is 9.26 Å². The first-order chi connectivity index (χ1) is 14.1. The minimum Gasteiger partial charge on any atom is -0.378 e. The Bertz CT molecular complexity index is 1170. The summed E-state index contributed by atoms with van der Waals surface area (Å²) in [5, 5.41) is 4.14. The SMILES string of the molecule is Cc1ccncc1-c1cc(-c2c(C)noc2C)cc2[nH]c(N3CCOCC3)nc12. The quantitative estimate of drug-likeness (QED) is 0.570. The van der Waals surface area contributed by atoms with E-state index in [0.717, 1.165) is 82.6 Å². The lowest BCUT2D eigenvalue weighted by Crippen LogP contribution is -2.36. The summed E-state index contributed by atoms with van der Waals surface area (Å²) < 4.78 is 10.9. The first kappa shape index (κ1) is 17.9. The maximum Gasteiger partial charge on any atom is 0.204 e. The first-order valence-corrected chi connectivity index (χ1v) is 9.82. The summed E-state index contributed by atoms with van der Waals surface area (Å²) in [5.74, 6) is 1.69.